The molecule has 0 atom stereocenters. The summed E-state index contributed by atoms with van der Waals surface area (Å²) < 4.78 is 42.2. The van der Waals surface area contributed by atoms with Crippen molar-refractivity contribution in [1.82, 2.24) is 4.37 Å². The van der Waals surface area contributed by atoms with Crippen LogP contribution in [0.15, 0.2) is 16.6 Å². The van der Waals surface area contributed by atoms with Crippen molar-refractivity contribution in [3.05, 3.63) is 48.1 Å². The Balaban J connectivity index is 2.70. The summed E-state index contributed by atoms with van der Waals surface area (Å²) in [4.78, 5) is 19.9. The molecule has 1 aromatic heterocycles. The fourth-order valence-corrected chi connectivity index (χ4v) is 2.98. The number of halogens is 4. The van der Waals surface area contributed by atoms with Crippen molar-refractivity contribution in [2.45, 2.75) is 6.18 Å². The highest BCUT2D eigenvalue weighted by Crippen LogP contribution is 2.44. The van der Waals surface area contributed by atoms with E-state index in [0.717, 1.165) is 0 Å². The lowest BCUT2D eigenvalue weighted by Crippen LogP contribution is -2.09. The van der Waals surface area contributed by atoms with Crippen LogP contribution in [0, 0.1) is 31.6 Å². The second-order valence-electron chi connectivity index (χ2n) is 4.31. The van der Waals surface area contributed by atoms with Crippen LogP contribution in [-0.4, -0.2) is 14.2 Å². The summed E-state index contributed by atoms with van der Waals surface area (Å²) in [7, 11) is 0. The van der Waals surface area contributed by atoms with Crippen molar-refractivity contribution in [3.8, 4) is 6.07 Å². The van der Waals surface area contributed by atoms with Crippen molar-refractivity contribution < 1.29 is 23.0 Å². The van der Waals surface area contributed by atoms with E-state index in [2.05, 4.69) is 25.6 Å². The molecule has 0 saturated carbocycles. The fraction of sp³-hybridized carbons (Fsp3) is 0.0909. The number of nitrogens with one attached hydrogen (secondary N) is 1. The molecule has 0 aliphatic carbocycles. The van der Waals surface area contributed by atoms with Gasteiger partial charge in [-0.15, -0.1) is 0 Å². The zero-order chi connectivity index (χ0) is 18.9. The van der Waals surface area contributed by atoms with Crippen molar-refractivity contribution >= 4 is 49.5 Å². The Morgan fingerprint density at radius 3 is 2.12 bits per heavy atom. The van der Waals surface area contributed by atoms with Gasteiger partial charge in [0.05, 0.1) is 19.9 Å². The number of nitro groups is 2. The quantitative estimate of drug-likeness (QED) is 0.554. The topological polar surface area (TPSA) is 135 Å². The van der Waals surface area contributed by atoms with E-state index >= 15 is 0 Å². The summed E-state index contributed by atoms with van der Waals surface area (Å²) in [5, 5.41) is 33.3. The lowest BCUT2D eigenvalue weighted by atomic mass is 10.1. The monoisotopic (exact) mass is 437 g/mol. The van der Waals surface area contributed by atoms with Gasteiger partial charge in [-0.3, -0.25) is 20.2 Å². The number of hydrogen-bond donors (Lipinski definition) is 1. The first-order valence-electron chi connectivity index (χ1n) is 5.92. The zero-order valence-electron chi connectivity index (χ0n) is 11.5. The van der Waals surface area contributed by atoms with E-state index in [9.17, 15) is 33.4 Å². The minimum absolute atomic E-state index is 0.0116. The minimum Gasteiger partial charge on any atom is -0.334 e. The number of rotatable bonds is 4. The Labute approximate surface area is 148 Å². The summed E-state index contributed by atoms with van der Waals surface area (Å²) in [5.74, 6) is 0. The highest BCUT2D eigenvalue weighted by Gasteiger charge is 2.38. The third-order valence-electron chi connectivity index (χ3n) is 2.80. The smallest absolute Gasteiger partial charge is 0.334 e. The van der Waals surface area contributed by atoms with Crippen LogP contribution in [-0.2, 0) is 6.18 Å². The van der Waals surface area contributed by atoms with Gasteiger partial charge in [0, 0.05) is 12.1 Å². The summed E-state index contributed by atoms with van der Waals surface area (Å²) in [6.07, 6.45) is -5.01. The number of anilines is 2. The average molecular weight is 438 g/mol. The van der Waals surface area contributed by atoms with Crippen LogP contribution in [0.3, 0.4) is 0 Å². The van der Waals surface area contributed by atoms with Gasteiger partial charge in [0.25, 0.3) is 11.4 Å². The molecular formula is C11H3BrF3N5O4S. The summed E-state index contributed by atoms with van der Waals surface area (Å²) in [5.41, 5.74) is -4.65. The molecule has 0 aliphatic rings. The molecular weight excluding hydrogens is 435 g/mol. The Morgan fingerprint density at radius 2 is 1.76 bits per heavy atom. The third kappa shape index (κ3) is 3.67. The van der Waals surface area contributed by atoms with Gasteiger partial charge in [-0.2, -0.15) is 22.8 Å². The van der Waals surface area contributed by atoms with E-state index in [1.807, 2.05) is 0 Å². The minimum atomic E-state index is -5.01. The lowest BCUT2D eigenvalue weighted by Gasteiger charge is -2.10. The predicted octanol–water partition coefficient (Wildman–Crippen LogP) is 4.36. The first-order valence-corrected chi connectivity index (χ1v) is 7.49. The molecule has 25 heavy (non-hydrogen) atoms. The van der Waals surface area contributed by atoms with Crippen molar-refractivity contribution in [3.63, 3.8) is 0 Å². The summed E-state index contributed by atoms with van der Waals surface area (Å²) in [6, 6.07) is 2.08. The highest BCUT2D eigenvalue weighted by atomic mass is 79.9. The molecule has 0 aliphatic heterocycles. The third-order valence-corrected chi connectivity index (χ3v) is 4.59. The molecule has 1 aromatic carbocycles. The molecule has 1 heterocycles. The second kappa shape index (κ2) is 6.61. The maximum absolute atomic E-state index is 12.8. The second-order valence-corrected chi connectivity index (χ2v) is 5.88. The van der Waals surface area contributed by atoms with Crippen LogP contribution in [0.1, 0.15) is 11.3 Å². The van der Waals surface area contributed by atoms with Gasteiger partial charge in [0.1, 0.15) is 11.1 Å². The van der Waals surface area contributed by atoms with Crippen LogP contribution < -0.4 is 5.32 Å². The summed E-state index contributed by atoms with van der Waals surface area (Å²) in [6.45, 7) is 0. The van der Waals surface area contributed by atoms with E-state index in [0.29, 0.717) is 11.5 Å². The first-order chi connectivity index (χ1) is 11.6. The molecule has 9 nitrogen and oxygen atoms in total. The number of hydrogen-bond acceptors (Lipinski definition) is 8. The van der Waals surface area contributed by atoms with E-state index < -0.39 is 38.6 Å². The Hall–Kier alpha value is -2.79. The summed E-state index contributed by atoms with van der Waals surface area (Å²) >= 11 is 3.63. The maximum atomic E-state index is 12.8. The Morgan fingerprint density at radius 1 is 1.24 bits per heavy atom. The molecule has 2 rings (SSSR count). The number of benzene rings is 1. The molecule has 0 bridgehead atoms. The van der Waals surface area contributed by atoms with Gasteiger partial charge in [0.15, 0.2) is 11.4 Å². The zero-order valence-corrected chi connectivity index (χ0v) is 13.9. The maximum Gasteiger partial charge on any atom is 0.416 e. The van der Waals surface area contributed by atoms with Gasteiger partial charge in [-0.05, 0) is 27.5 Å². The van der Waals surface area contributed by atoms with E-state index in [4.69, 9.17) is 5.26 Å². The number of alkyl halides is 3. The number of aromatic nitrogens is 1. The van der Waals surface area contributed by atoms with Crippen LogP contribution >= 0.6 is 27.5 Å². The van der Waals surface area contributed by atoms with Gasteiger partial charge < -0.3 is 5.32 Å². The average Bonchev–Trinajstić information content (AvgIpc) is 2.86. The normalized spacial score (nSPS) is 11.0. The van der Waals surface area contributed by atoms with Crippen molar-refractivity contribution in [2.75, 3.05) is 5.32 Å². The molecule has 2 aromatic rings. The van der Waals surface area contributed by atoms with E-state index in [-0.39, 0.29) is 27.3 Å². The molecule has 0 amide bonds. The standard InChI is InChI=1S/C11H3BrF3N5O4S/c12-8-5(3-16)18-25-10(8)17-9-6(19(21)22)1-4(11(13,14)15)2-7(9)20(23)24/h1-2,17H. The van der Waals surface area contributed by atoms with Crippen molar-refractivity contribution in [2.24, 2.45) is 0 Å². The molecule has 14 heteroatoms. The molecule has 0 unspecified atom stereocenters. The van der Waals surface area contributed by atoms with Gasteiger partial charge in [0.2, 0.25) is 0 Å². The van der Waals surface area contributed by atoms with Crippen LogP contribution in [0.25, 0.3) is 0 Å². The predicted molar refractivity (Wildman–Crippen MR) is 82.6 cm³/mol. The molecule has 130 valence electrons. The van der Waals surface area contributed by atoms with Crippen LogP contribution in [0.5, 0.6) is 0 Å². The van der Waals surface area contributed by atoms with Crippen molar-refractivity contribution in [1.29, 1.82) is 5.26 Å². The molecule has 0 fully saturated rings. The SMILES string of the molecule is N#Cc1nsc(Nc2c([N+](=O)[O-])cc(C(F)(F)F)cc2[N+](=O)[O-])c1Br. The van der Waals surface area contributed by atoms with Gasteiger partial charge in [-0.25, -0.2) is 0 Å². The highest BCUT2D eigenvalue weighted by molar-refractivity contribution is 9.10. The lowest BCUT2D eigenvalue weighted by molar-refractivity contribution is -0.392. The molecule has 1 N–H and O–H groups in total. The number of nitrogens with zero attached hydrogens (tertiary/aromatic N) is 4. The number of nitriles is 1. The van der Waals surface area contributed by atoms with Crippen LogP contribution in [0.2, 0.25) is 0 Å². The fourth-order valence-electron chi connectivity index (χ4n) is 1.73. The van der Waals surface area contributed by atoms with E-state index in [1.165, 1.54) is 0 Å². The van der Waals surface area contributed by atoms with E-state index in [1.54, 1.807) is 6.07 Å². The molecule has 0 radical (unpaired) electrons. The Bertz CT molecular complexity index is 888. The number of nitro benzene ring substituents is 2. The van der Waals surface area contributed by atoms with Crippen LogP contribution in [0.4, 0.5) is 35.2 Å². The van der Waals surface area contributed by atoms with Gasteiger partial charge >= 0.3 is 6.18 Å². The molecule has 0 saturated heterocycles. The van der Waals surface area contributed by atoms with Gasteiger partial charge in [-0.1, -0.05) is 0 Å². The Kier molecular flexibility index (Phi) is 4.90. The largest absolute Gasteiger partial charge is 0.416 e. The first kappa shape index (κ1) is 18.5. The molecule has 0 spiro atoms.